The van der Waals surface area contributed by atoms with Gasteiger partial charge in [-0.2, -0.15) is 0 Å². The first-order chi connectivity index (χ1) is 19.6. The topological polar surface area (TPSA) is 138 Å². The van der Waals surface area contributed by atoms with E-state index in [9.17, 15) is 24.3 Å². The van der Waals surface area contributed by atoms with E-state index in [4.69, 9.17) is 9.47 Å². The monoisotopic (exact) mass is 568 g/mol. The number of likely N-dealkylation sites (tertiary alicyclic amines) is 1. The predicted molar refractivity (Wildman–Crippen MR) is 151 cm³/mol. The molecule has 3 atom stereocenters. The van der Waals surface area contributed by atoms with Gasteiger partial charge >= 0.3 is 12.2 Å². The molecular weight excluding hydrogens is 528 g/mol. The summed E-state index contributed by atoms with van der Waals surface area (Å²) in [5.41, 5.74) is 1.66. The predicted octanol–water partition coefficient (Wildman–Crippen LogP) is 2.67. The van der Waals surface area contributed by atoms with Gasteiger partial charge in [0.05, 0.1) is 12.1 Å². The number of aliphatic hydroxyl groups excluding tert-OH is 1. The van der Waals surface area contributed by atoms with E-state index in [2.05, 4.69) is 10.6 Å². The zero-order valence-corrected chi connectivity index (χ0v) is 23.8. The van der Waals surface area contributed by atoms with Crippen molar-refractivity contribution < 1.29 is 33.8 Å². The minimum atomic E-state index is -1.02. The van der Waals surface area contributed by atoms with Crippen LogP contribution in [0.5, 0.6) is 0 Å². The van der Waals surface area contributed by atoms with Gasteiger partial charge in [0.15, 0.2) is 0 Å². The SMILES string of the molecule is CC(C)C[C@H](NC(=O)OCc1ccccc1)C(=O)NC1CCN(C(=O)CN(C)C(=O)OCc2ccccc2)CC1O. The number of hydrogen-bond acceptors (Lipinski definition) is 7. The molecule has 0 aliphatic carbocycles. The van der Waals surface area contributed by atoms with Crippen LogP contribution >= 0.6 is 0 Å². The number of hydrogen-bond donors (Lipinski definition) is 3. The van der Waals surface area contributed by atoms with Crippen LogP contribution in [0.1, 0.15) is 37.8 Å². The largest absolute Gasteiger partial charge is 0.445 e. The summed E-state index contributed by atoms with van der Waals surface area (Å²) in [4.78, 5) is 53.2. The van der Waals surface area contributed by atoms with Crippen molar-refractivity contribution in [2.45, 2.75) is 58.1 Å². The summed E-state index contributed by atoms with van der Waals surface area (Å²) in [6, 6.07) is 17.0. The fourth-order valence-electron chi connectivity index (χ4n) is 4.42. The Hall–Kier alpha value is -4.12. The summed E-state index contributed by atoms with van der Waals surface area (Å²) in [5.74, 6) is -0.658. The molecule has 0 spiro atoms. The van der Waals surface area contributed by atoms with E-state index in [1.165, 1.54) is 16.8 Å². The molecule has 4 amide bonds. The zero-order chi connectivity index (χ0) is 29.8. The van der Waals surface area contributed by atoms with Gasteiger partial charge in [0.1, 0.15) is 25.8 Å². The van der Waals surface area contributed by atoms with Gasteiger partial charge in [0, 0.05) is 20.1 Å². The Morgan fingerprint density at radius 1 is 0.976 bits per heavy atom. The highest BCUT2D eigenvalue weighted by molar-refractivity contribution is 5.86. The number of piperidine rings is 1. The van der Waals surface area contributed by atoms with Crippen molar-refractivity contribution in [1.82, 2.24) is 20.4 Å². The molecule has 2 aromatic carbocycles. The number of benzene rings is 2. The summed E-state index contributed by atoms with van der Waals surface area (Å²) < 4.78 is 10.5. The highest BCUT2D eigenvalue weighted by Crippen LogP contribution is 2.14. The molecule has 2 unspecified atom stereocenters. The lowest BCUT2D eigenvalue weighted by molar-refractivity contribution is -0.136. The lowest BCUT2D eigenvalue weighted by Crippen LogP contribution is -2.59. The van der Waals surface area contributed by atoms with Crippen molar-refractivity contribution in [3.63, 3.8) is 0 Å². The van der Waals surface area contributed by atoms with Crippen LogP contribution in [0.15, 0.2) is 60.7 Å². The van der Waals surface area contributed by atoms with E-state index in [1.54, 1.807) is 0 Å². The van der Waals surface area contributed by atoms with Crippen LogP contribution < -0.4 is 10.6 Å². The van der Waals surface area contributed by atoms with E-state index in [0.717, 1.165) is 11.1 Å². The zero-order valence-electron chi connectivity index (χ0n) is 23.8. The highest BCUT2D eigenvalue weighted by atomic mass is 16.6. The third-order valence-electron chi connectivity index (χ3n) is 6.68. The Labute approximate surface area is 240 Å². The fraction of sp³-hybridized carbons (Fsp3) is 0.467. The van der Waals surface area contributed by atoms with Gasteiger partial charge in [-0.05, 0) is 29.9 Å². The van der Waals surface area contributed by atoms with Crippen LogP contribution in [-0.4, -0.2) is 83.8 Å². The molecule has 0 saturated carbocycles. The maximum atomic E-state index is 13.1. The lowest BCUT2D eigenvalue weighted by atomic mass is 9.99. The molecule has 0 radical (unpaired) electrons. The Morgan fingerprint density at radius 3 is 2.12 bits per heavy atom. The van der Waals surface area contributed by atoms with Gasteiger partial charge < -0.3 is 35.0 Å². The maximum Gasteiger partial charge on any atom is 0.410 e. The standard InChI is InChI=1S/C30H40N4O7/c1-21(2)16-25(32-29(38)40-19-22-10-6-4-7-11-22)28(37)31-24-14-15-34(17-26(24)35)27(36)18-33(3)30(39)41-20-23-12-8-5-9-13-23/h4-13,21,24-26,35H,14-20H2,1-3H3,(H,31,37)(H,32,38)/t24?,25-,26?/m0/s1. The number of carbonyl (C=O) groups excluding carboxylic acids is 4. The van der Waals surface area contributed by atoms with Crippen molar-refractivity contribution in [3.8, 4) is 0 Å². The summed E-state index contributed by atoms with van der Waals surface area (Å²) in [5, 5.41) is 16.2. The Bertz CT molecular complexity index is 1150. The fourth-order valence-corrected chi connectivity index (χ4v) is 4.42. The van der Waals surface area contributed by atoms with Crippen molar-refractivity contribution in [1.29, 1.82) is 0 Å². The molecule has 1 heterocycles. The minimum absolute atomic E-state index is 0.00191. The number of nitrogens with zero attached hydrogens (tertiary/aromatic N) is 2. The van der Waals surface area contributed by atoms with Crippen molar-refractivity contribution in [2.75, 3.05) is 26.7 Å². The lowest BCUT2D eigenvalue weighted by Gasteiger charge is -2.37. The van der Waals surface area contributed by atoms with Crippen LogP contribution in [0.25, 0.3) is 0 Å². The van der Waals surface area contributed by atoms with Gasteiger partial charge in [0.2, 0.25) is 11.8 Å². The first-order valence-electron chi connectivity index (χ1n) is 13.8. The van der Waals surface area contributed by atoms with Crippen LogP contribution in [0.2, 0.25) is 0 Å². The molecule has 1 fully saturated rings. The number of likely N-dealkylation sites (N-methyl/N-ethyl adjacent to an activating group) is 1. The average Bonchev–Trinajstić information content (AvgIpc) is 2.96. The number of nitrogens with one attached hydrogen (secondary N) is 2. The van der Waals surface area contributed by atoms with Crippen LogP contribution in [0.4, 0.5) is 9.59 Å². The first kappa shape index (κ1) is 31.4. The van der Waals surface area contributed by atoms with Gasteiger partial charge in [-0.1, -0.05) is 74.5 Å². The number of carbonyl (C=O) groups is 4. The van der Waals surface area contributed by atoms with Crippen molar-refractivity contribution in [3.05, 3.63) is 71.8 Å². The second kappa shape index (κ2) is 15.6. The molecule has 3 rings (SSSR count). The molecule has 2 aromatic rings. The third kappa shape index (κ3) is 10.4. The summed E-state index contributed by atoms with van der Waals surface area (Å²) in [6.45, 7) is 4.12. The Morgan fingerprint density at radius 2 is 1.56 bits per heavy atom. The summed E-state index contributed by atoms with van der Waals surface area (Å²) in [6.07, 6.45) is -1.66. The number of ether oxygens (including phenoxy) is 2. The Balaban J connectivity index is 1.45. The third-order valence-corrected chi connectivity index (χ3v) is 6.68. The normalized spacial score (nSPS) is 17.3. The molecule has 3 N–H and O–H groups in total. The molecule has 11 heteroatoms. The second-order valence-electron chi connectivity index (χ2n) is 10.6. The quantitative estimate of drug-likeness (QED) is 0.379. The van der Waals surface area contributed by atoms with Gasteiger partial charge in [-0.3, -0.25) is 9.59 Å². The number of rotatable bonds is 11. The molecule has 1 aliphatic heterocycles. The van der Waals surface area contributed by atoms with E-state index >= 15 is 0 Å². The molecule has 11 nitrogen and oxygen atoms in total. The van der Waals surface area contributed by atoms with Gasteiger partial charge in [0.25, 0.3) is 0 Å². The molecule has 1 aliphatic rings. The van der Waals surface area contributed by atoms with Gasteiger partial charge in [-0.15, -0.1) is 0 Å². The van der Waals surface area contributed by atoms with E-state index < -0.39 is 36.3 Å². The first-order valence-corrected chi connectivity index (χ1v) is 13.8. The second-order valence-corrected chi connectivity index (χ2v) is 10.6. The Kier molecular flexibility index (Phi) is 12.0. The minimum Gasteiger partial charge on any atom is -0.445 e. The average molecular weight is 569 g/mol. The van der Waals surface area contributed by atoms with Crippen LogP contribution in [0, 0.1) is 5.92 Å². The number of amides is 4. The number of β-amino-alcohol motifs (C(OH)–C–C–N with tert-alkyl or cyclic N) is 1. The molecule has 0 aromatic heterocycles. The van der Waals surface area contributed by atoms with E-state index in [0.29, 0.717) is 12.8 Å². The summed E-state index contributed by atoms with van der Waals surface area (Å²) >= 11 is 0. The maximum absolute atomic E-state index is 13.1. The summed E-state index contributed by atoms with van der Waals surface area (Å²) in [7, 11) is 1.47. The van der Waals surface area contributed by atoms with E-state index in [1.807, 2.05) is 74.5 Å². The van der Waals surface area contributed by atoms with Crippen molar-refractivity contribution in [2.24, 2.45) is 5.92 Å². The molecule has 0 bridgehead atoms. The van der Waals surface area contributed by atoms with Crippen LogP contribution in [0.3, 0.4) is 0 Å². The smallest absolute Gasteiger partial charge is 0.410 e. The van der Waals surface area contributed by atoms with Crippen molar-refractivity contribution >= 4 is 24.0 Å². The van der Waals surface area contributed by atoms with Crippen LogP contribution in [-0.2, 0) is 32.3 Å². The number of aliphatic hydroxyl groups is 1. The highest BCUT2D eigenvalue weighted by Gasteiger charge is 2.34. The van der Waals surface area contributed by atoms with Gasteiger partial charge in [-0.25, -0.2) is 9.59 Å². The molecule has 222 valence electrons. The van der Waals surface area contributed by atoms with E-state index in [-0.39, 0.29) is 44.7 Å². The molecule has 1 saturated heterocycles. The molecule has 41 heavy (non-hydrogen) atoms. The number of alkyl carbamates (subject to hydrolysis) is 1. The molecular formula is C30H40N4O7.